The second-order valence-electron chi connectivity index (χ2n) is 6.18. The molecule has 0 aliphatic heterocycles. The number of guanidine groups is 1. The maximum absolute atomic E-state index is 5.37. The third-order valence-electron chi connectivity index (χ3n) is 4.40. The third kappa shape index (κ3) is 8.34. The van der Waals surface area contributed by atoms with Crippen LogP contribution in [0, 0.1) is 0 Å². The van der Waals surface area contributed by atoms with E-state index in [1.807, 2.05) is 12.1 Å². The molecule has 0 amide bonds. The maximum Gasteiger partial charge on any atom is 0.191 e. The summed E-state index contributed by atoms with van der Waals surface area (Å²) < 4.78 is 5.37. The molecular weight excluding hydrogens is 451 g/mol. The van der Waals surface area contributed by atoms with Gasteiger partial charge in [0.05, 0.1) is 12.8 Å². The van der Waals surface area contributed by atoms with Gasteiger partial charge in [0.1, 0.15) is 5.76 Å². The maximum atomic E-state index is 5.37. The molecule has 6 heteroatoms. The fraction of sp³-hybridized carbons (Fsp3) is 0.476. The lowest BCUT2D eigenvalue weighted by atomic mass is 10.1. The number of hydrogen-bond donors (Lipinski definition) is 2. The summed E-state index contributed by atoms with van der Waals surface area (Å²) in [5, 5.41) is 6.69. The van der Waals surface area contributed by atoms with Crippen molar-refractivity contribution in [2.75, 3.05) is 26.2 Å². The van der Waals surface area contributed by atoms with Gasteiger partial charge in [-0.15, -0.1) is 24.0 Å². The lowest BCUT2D eigenvalue weighted by molar-refractivity contribution is 0.295. The molecule has 0 radical (unpaired) electrons. The molecule has 0 saturated carbocycles. The summed E-state index contributed by atoms with van der Waals surface area (Å²) in [6.07, 6.45) is 2.55. The largest absolute Gasteiger partial charge is 0.469 e. The summed E-state index contributed by atoms with van der Waals surface area (Å²) in [6, 6.07) is 12.5. The van der Waals surface area contributed by atoms with Gasteiger partial charge in [-0.1, -0.05) is 38.1 Å². The van der Waals surface area contributed by atoms with Crippen LogP contribution in [-0.4, -0.2) is 37.0 Å². The first-order chi connectivity index (χ1) is 12.8. The van der Waals surface area contributed by atoms with Gasteiger partial charge < -0.3 is 15.1 Å². The van der Waals surface area contributed by atoms with Crippen molar-refractivity contribution in [3.05, 3.63) is 59.5 Å². The van der Waals surface area contributed by atoms with Crippen molar-refractivity contribution in [3.63, 3.8) is 0 Å². The first-order valence-corrected chi connectivity index (χ1v) is 9.60. The Balaban J connectivity index is 0.00000364. The minimum atomic E-state index is 0. The van der Waals surface area contributed by atoms with Gasteiger partial charge in [-0.3, -0.25) is 4.90 Å². The Bertz CT molecular complexity index is 654. The highest BCUT2D eigenvalue weighted by Gasteiger charge is 2.06. The van der Waals surface area contributed by atoms with Gasteiger partial charge in [-0.05, 0) is 43.3 Å². The lowest BCUT2D eigenvalue weighted by Gasteiger charge is -2.20. The molecule has 5 nitrogen and oxygen atoms in total. The fourth-order valence-corrected chi connectivity index (χ4v) is 2.82. The van der Waals surface area contributed by atoms with E-state index >= 15 is 0 Å². The number of benzene rings is 1. The van der Waals surface area contributed by atoms with E-state index in [1.165, 1.54) is 11.1 Å². The van der Waals surface area contributed by atoms with Gasteiger partial charge in [-0.2, -0.15) is 0 Å². The van der Waals surface area contributed by atoms with Crippen LogP contribution in [0.25, 0.3) is 0 Å². The van der Waals surface area contributed by atoms with E-state index < -0.39 is 0 Å². The highest BCUT2D eigenvalue weighted by Crippen LogP contribution is 2.13. The van der Waals surface area contributed by atoms with Crippen LogP contribution in [0.1, 0.15) is 37.7 Å². The smallest absolute Gasteiger partial charge is 0.191 e. The summed E-state index contributed by atoms with van der Waals surface area (Å²) in [5.41, 5.74) is 2.63. The number of rotatable bonds is 10. The Morgan fingerprint density at radius 2 is 1.74 bits per heavy atom. The molecule has 2 aromatic rings. The molecule has 1 aromatic heterocycles. The zero-order valence-electron chi connectivity index (χ0n) is 16.7. The molecule has 0 atom stereocenters. The molecule has 0 saturated heterocycles. The predicted molar refractivity (Wildman–Crippen MR) is 124 cm³/mol. The summed E-state index contributed by atoms with van der Waals surface area (Å²) in [6.45, 7) is 11.9. The molecular formula is C21H33IN4O. The van der Waals surface area contributed by atoms with Gasteiger partial charge in [0.25, 0.3) is 0 Å². The first kappa shape index (κ1) is 23.5. The van der Waals surface area contributed by atoms with Crippen molar-refractivity contribution >= 4 is 29.9 Å². The summed E-state index contributed by atoms with van der Waals surface area (Å²) in [4.78, 5) is 7.19. The summed E-state index contributed by atoms with van der Waals surface area (Å²) >= 11 is 0. The molecule has 0 spiro atoms. The van der Waals surface area contributed by atoms with Crippen molar-refractivity contribution in [2.45, 2.75) is 40.3 Å². The van der Waals surface area contributed by atoms with E-state index in [-0.39, 0.29) is 24.0 Å². The standard InChI is InChI=1S/C21H32N4O.HI/c1-4-22-21(23-14-13-20-12-9-15-26-20)24-16-18-10-7-8-11-19(18)17-25(5-2)6-3;/h7-12,15H,4-6,13-14,16-17H2,1-3H3,(H2,22,23,24);1H. The van der Waals surface area contributed by atoms with Crippen LogP contribution in [0.3, 0.4) is 0 Å². The van der Waals surface area contributed by atoms with Gasteiger partial charge in [-0.25, -0.2) is 4.99 Å². The van der Waals surface area contributed by atoms with E-state index in [0.29, 0.717) is 6.54 Å². The van der Waals surface area contributed by atoms with E-state index in [9.17, 15) is 0 Å². The second kappa shape index (κ2) is 13.6. The predicted octanol–water partition coefficient (Wildman–Crippen LogP) is 4.04. The van der Waals surface area contributed by atoms with Gasteiger partial charge >= 0.3 is 0 Å². The molecule has 0 aliphatic carbocycles. The normalized spacial score (nSPS) is 11.3. The number of furan rings is 1. The Kier molecular flexibility index (Phi) is 11.8. The van der Waals surface area contributed by atoms with Gasteiger partial charge in [0.2, 0.25) is 0 Å². The van der Waals surface area contributed by atoms with Crippen LogP contribution < -0.4 is 10.6 Å². The summed E-state index contributed by atoms with van der Waals surface area (Å²) in [7, 11) is 0. The quantitative estimate of drug-likeness (QED) is 0.304. The molecule has 1 heterocycles. The van der Waals surface area contributed by atoms with E-state index in [0.717, 1.165) is 50.9 Å². The Labute approximate surface area is 180 Å². The molecule has 2 N–H and O–H groups in total. The lowest BCUT2D eigenvalue weighted by Crippen LogP contribution is -2.38. The number of hydrogen-bond acceptors (Lipinski definition) is 3. The minimum Gasteiger partial charge on any atom is -0.469 e. The van der Waals surface area contributed by atoms with Crippen LogP contribution in [0.15, 0.2) is 52.1 Å². The van der Waals surface area contributed by atoms with Crippen LogP contribution >= 0.6 is 24.0 Å². The molecule has 0 fully saturated rings. The van der Waals surface area contributed by atoms with Crippen molar-refractivity contribution < 1.29 is 4.42 Å². The van der Waals surface area contributed by atoms with Crippen molar-refractivity contribution in [2.24, 2.45) is 4.99 Å². The van der Waals surface area contributed by atoms with Gasteiger partial charge in [0, 0.05) is 26.1 Å². The molecule has 27 heavy (non-hydrogen) atoms. The van der Waals surface area contributed by atoms with E-state index in [1.54, 1.807) is 6.26 Å². The average molecular weight is 484 g/mol. The van der Waals surface area contributed by atoms with E-state index in [4.69, 9.17) is 9.41 Å². The van der Waals surface area contributed by atoms with Crippen LogP contribution in [0.5, 0.6) is 0 Å². The highest BCUT2D eigenvalue weighted by molar-refractivity contribution is 14.0. The number of nitrogens with zero attached hydrogens (tertiary/aromatic N) is 2. The molecule has 0 aliphatic rings. The Morgan fingerprint density at radius 1 is 1.00 bits per heavy atom. The van der Waals surface area contributed by atoms with E-state index in [2.05, 4.69) is 60.6 Å². The molecule has 0 unspecified atom stereocenters. The van der Waals surface area contributed by atoms with Crippen molar-refractivity contribution in [3.8, 4) is 0 Å². The zero-order chi connectivity index (χ0) is 18.6. The second-order valence-corrected chi connectivity index (χ2v) is 6.18. The molecule has 1 aromatic carbocycles. The van der Waals surface area contributed by atoms with Crippen LogP contribution in [0.4, 0.5) is 0 Å². The summed E-state index contributed by atoms with van der Waals surface area (Å²) in [5.74, 6) is 1.83. The number of halogens is 1. The third-order valence-corrected chi connectivity index (χ3v) is 4.40. The van der Waals surface area contributed by atoms with Crippen molar-refractivity contribution in [1.82, 2.24) is 15.5 Å². The topological polar surface area (TPSA) is 52.8 Å². The minimum absolute atomic E-state index is 0. The molecule has 0 bridgehead atoms. The van der Waals surface area contributed by atoms with Crippen LogP contribution in [0.2, 0.25) is 0 Å². The SMILES string of the molecule is CCNC(=NCc1ccccc1CN(CC)CC)NCCc1ccco1.I. The average Bonchev–Trinajstić information content (AvgIpc) is 3.18. The van der Waals surface area contributed by atoms with Gasteiger partial charge in [0.15, 0.2) is 5.96 Å². The number of nitrogens with one attached hydrogen (secondary N) is 2. The Hall–Kier alpha value is -1.54. The molecule has 2 rings (SSSR count). The van der Waals surface area contributed by atoms with Crippen molar-refractivity contribution in [1.29, 1.82) is 0 Å². The number of aliphatic imine (C=N–C) groups is 1. The molecule has 150 valence electrons. The Morgan fingerprint density at radius 3 is 2.37 bits per heavy atom. The highest BCUT2D eigenvalue weighted by atomic mass is 127. The zero-order valence-corrected chi connectivity index (χ0v) is 19.0. The first-order valence-electron chi connectivity index (χ1n) is 9.60. The monoisotopic (exact) mass is 484 g/mol. The fourth-order valence-electron chi connectivity index (χ4n) is 2.82. The van der Waals surface area contributed by atoms with Crippen LogP contribution in [-0.2, 0) is 19.5 Å².